The molecule has 1 atom stereocenters. The van der Waals surface area contributed by atoms with Crippen LogP contribution in [0.2, 0.25) is 0 Å². The molecule has 13 heavy (non-hydrogen) atoms. The van der Waals surface area contributed by atoms with E-state index in [9.17, 15) is 4.79 Å². The number of hydrogen-bond donors (Lipinski definition) is 0. The third kappa shape index (κ3) is 4.27. The zero-order valence-electron chi connectivity index (χ0n) is 8.37. The summed E-state index contributed by atoms with van der Waals surface area (Å²) in [6, 6.07) is 0. The van der Waals surface area contributed by atoms with Crippen molar-refractivity contribution in [2.24, 2.45) is 5.92 Å². The summed E-state index contributed by atoms with van der Waals surface area (Å²) in [4.78, 5) is 12.4. The van der Waals surface area contributed by atoms with E-state index in [1.807, 2.05) is 0 Å². The smallest absolute Gasteiger partial charge is 0.293 e. The van der Waals surface area contributed by atoms with Crippen LogP contribution in [0.15, 0.2) is 0 Å². The highest BCUT2D eigenvalue weighted by molar-refractivity contribution is 5.36. The highest BCUT2D eigenvalue weighted by Crippen LogP contribution is 2.10. The van der Waals surface area contributed by atoms with Gasteiger partial charge < -0.3 is 9.64 Å². The molecule has 0 amide bonds. The van der Waals surface area contributed by atoms with Crippen molar-refractivity contribution in [1.29, 1.82) is 0 Å². The highest BCUT2D eigenvalue weighted by atomic mass is 16.5. The summed E-state index contributed by atoms with van der Waals surface area (Å²) < 4.78 is 4.73. The van der Waals surface area contributed by atoms with Gasteiger partial charge in [-0.3, -0.25) is 4.79 Å². The van der Waals surface area contributed by atoms with Crippen LogP contribution in [-0.2, 0) is 9.53 Å². The van der Waals surface area contributed by atoms with Gasteiger partial charge in [0.05, 0.1) is 6.61 Å². The predicted molar refractivity (Wildman–Crippen MR) is 51.5 cm³/mol. The molecule has 1 fully saturated rings. The Hall–Kier alpha value is -0.570. The lowest BCUT2D eigenvalue weighted by atomic mass is 10.1. The zero-order valence-corrected chi connectivity index (χ0v) is 8.37. The molecule has 3 nitrogen and oxygen atoms in total. The topological polar surface area (TPSA) is 29.5 Å². The van der Waals surface area contributed by atoms with Gasteiger partial charge in [-0.2, -0.15) is 0 Å². The summed E-state index contributed by atoms with van der Waals surface area (Å²) in [6.45, 7) is 6.70. The molecule has 1 aliphatic rings. The number of likely N-dealkylation sites (tertiary alicyclic amines) is 1. The number of carbonyl (C=O) groups is 1. The Morgan fingerprint density at radius 3 is 2.69 bits per heavy atom. The van der Waals surface area contributed by atoms with E-state index >= 15 is 0 Å². The Morgan fingerprint density at radius 1 is 1.38 bits per heavy atom. The second kappa shape index (κ2) is 5.97. The van der Waals surface area contributed by atoms with Gasteiger partial charge in [-0.1, -0.05) is 13.3 Å². The minimum absolute atomic E-state index is 0.461. The first kappa shape index (κ1) is 10.5. The van der Waals surface area contributed by atoms with E-state index in [-0.39, 0.29) is 0 Å². The molecule has 1 heterocycles. The van der Waals surface area contributed by atoms with Crippen LogP contribution in [0, 0.1) is 5.92 Å². The van der Waals surface area contributed by atoms with Crippen molar-refractivity contribution in [3.8, 4) is 0 Å². The van der Waals surface area contributed by atoms with Gasteiger partial charge in [0.15, 0.2) is 0 Å². The third-order valence-corrected chi connectivity index (χ3v) is 2.47. The molecule has 0 aromatic carbocycles. The molecule has 1 aliphatic heterocycles. The number of piperidine rings is 1. The number of hydrogen-bond acceptors (Lipinski definition) is 3. The van der Waals surface area contributed by atoms with Crippen molar-refractivity contribution >= 4 is 6.47 Å². The van der Waals surface area contributed by atoms with E-state index in [0.717, 1.165) is 6.54 Å². The summed E-state index contributed by atoms with van der Waals surface area (Å²) in [5.74, 6) is 0.461. The van der Waals surface area contributed by atoms with Gasteiger partial charge >= 0.3 is 0 Å². The predicted octanol–water partition coefficient (Wildman–Crippen LogP) is 1.28. The molecule has 0 saturated carbocycles. The van der Waals surface area contributed by atoms with E-state index in [0.29, 0.717) is 19.0 Å². The lowest BCUT2D eigenvalue weighted by molar-refractivity contribution is -0.130. The van der Waals surface area contributed by atoms with E-state index in [1.165, 1.54) is 32.4 Å². The van der Waals surface area contributed by atoms with Crippen molar-refractivity contribution in [2.45, 2.75) is 26.2 Å². The Bertz CT molecular complexity index is 144. The number of nitrogens with zero attached hydrogens (tertiary/aromatic N) is 1. The summed E-state index contributed by atoms with van der Waals surface area (Å²) >= 11 is 0. The lowest BCUT2D eigenvalue weighted by Gasteiger charge is -2.28. The van der Waals surface area contributed by atoms with Crippen LogP contribution in [0.3, 0.4) is 0 Å². The SMILES string of the molecule is CC(COC=O)CN1CCCCC1. The second-order valence-corrected chi connectivity index (χ2v) is 3.90. The van der Waals surface area contributed by atoms with Crippen molar-refractivity contribution in [3.63, 3.8) is 0 Å². The van der Waals surface area contributed by atoms with Gasteiger partial charge in [0.1, 0.15) is 0 Å². The van der Waals surface area contributed by atoms with Crippen LogP contribution in [0.5, 0.6) is 0 Å². The van der Waals surface area contributed by atoms with Crippen LogP contribution in [0.25, 0.3) is 0 Å². The maximum absolute atomic E-state index is 9.97. The quantitative estimate of drug-likeness (QED) is 0.604. The first-order valence-electron chi connectivity index (χ1n) is 5.10. The number of ether oxygens (including phenoxy) is 1. The number of rotatable bonds is 5. The monoisotopic (exact) mass is 185 g/mol. The van der Waals surface area contributed by atoms with Crippen molar-refractivity contribution in [3.05, 3.63) is 0 Å². The van der Waals surface area contributed by atoms with Crippen LogP contribution in [-0.4, -0.2) is 37.6 Å². The van der Waals surface area contributed by atoms with Crippen molar-refractivity contribution in [1.82, 2.24) is 4.90 Å². The first-order valence-corrected chi connectivity index (χ1v) is 5.10. The van der Waals surface area contributed by atoms with Crippen LogP contribution in [0.1, 0.15) is 26.2 Å². The molecular formula is C10H19NO2. The van der Waals surface area contributed by atoms with Gasteiger partial charge in [0.25, 0.3) is 6.47 Å². The average molecular weight is 185 g/mol. The molecule has 0 spiro atoms. The normalized spacial score (nSPS) is 21.0. The third-order valence-electron chi connectivity index (χ3n) is 2.47. The Kier molecular flexibility index (Phi) is 4.83. The molecule has 0 aromatic heterocycles. The molecule has 0 bridgehead atoms. The fourth-order valence-electron chi connectivity index (χ4n) is 1.84. The van der Waals surface area contributed by atoms with E-state index in [2.05, 4.69) is 11.8 Å². The molecule has 3 heteroatoms. The van der Waals surface area contributed by atoms with Gasteiger partial charge in [-0.25, -0.2) is 0 Å². The van der Waals surface area contributed by atoms with Crippen molar-refractivity contribution < 1.29 is 9.53 Å². The van der Waals surface area contributed by atoms with E-state index in [1.54, 1.807) is 0 Å². The molecule has 76 valence electrons. The summed E-state index contributed by atoms with van der Waals surface area (Å²) in [7, 11) is 0. The molecule has 0 aromatic rings. The van der Waals surface area contributed by atoms with E-state index in [4.69, 9.17) is 4.74 Å². The van der Waals surface area contributed by atoms with Gasteiger partial charge in [-0.15, -0.1) is 0 Å². The maximum atomic E-state index is 9.97. The molecule has 0 aliphatic carbocycles. The fraction of sp³-hybridized carbons (Fsp3) is 0.900. The summed E-state index contributed by atoms with van der Waals surface area (Å²) in [6.07, 6.45) is 4.01. The summed E-state index contributed by atoms with van der Waals surface area (Å²) in [5.41, 5.74) is 0. The Morgan fingerprint density at radius 2 is 2.08 bits per heavy atom. The zero-order chi connectivity index (χ0) is 9.52. The maximum Gasteiger partial charge on any atom is 0.293 e. The molecule has 1 rings (SSSR count). The standard InChI is InChI=1S/C10H19NO2/c1-10(8-13-9-12)7-11-5-3-2-4-6-11/h9-10H,2-8H2,1H3. The number of carbonyl (C=O) groups excluding carboxylic acids is 1. The molecular weight excluding hydrogens is 166 g/mol. The molecule has 0 N–H and O–H groups in total. The molecule has 1 unspecified atom stereocenters. The largest absolute Gasteiger partial charge is 0.468 e. The van der Waals surface area contributed by atoms with Crippen LogP contribution in [0.4, 0.5) is 0 Å². The molecule has 0 radical (unpaired) electrons. The Labute approximate surface area is 80.1 Å². The van der Waals surface area contributed by atoms with Gasteiger partial charge in [0.2, 0.25) is 0 Å². The highest BCUT2D eigenvalue weighted by Gasteiger charge is 2.13. The van der Waals surface area contributed by atoms with Gasteiger partial charge in [-0.05, 0) is 25.9 Å². The lowest BCUT2D eigenvalue weighted by Crippen LogP contribution is -2.34. The van der Waals surface area contributed by atoms with E-state index < -0.39 is 0 Å². The minimum atomic E-state index is 0.461. The second-order valence-electron chi connectivity index (χ2n) is 3.90. The molecule has 1 saturated heterocycles. The van der Waals surface area contributed by atoms with Crippen LogP contribution >= 0.6 is 0 Å². The Balaban J connectivity index is 2.10. The van der Waals surface area contributed by atoms with Crippen molar-refractivity contribution in [2.75, 3.05) is 26.2 Å². The first-order chi connectivity index (χ1) is 6.33. The summed E-state index contributed by atoms with van der Waals surface area (Å²) in [5, 5.41) is 0. The minimum Gasteiger partial charge on any atom is -0.468 e. The fourth-order valence-corrected chi connectivity index (χ4v) is 1.84. The average Bonchev–Trinajstić information content (AvgIpc) is 2.16. The van der Waals surface area contributed by atoms with Crippen LogP contribution < -0.4 is 0 Å². The van der Waals surface area contributed by atoms with Gasteiger partial charge in [0, 0.05) is 12.5 Å².